The number of hydrogen-bond donors (Lipinski definition) is 1. The third-order valence-corrected chi connectivity index (χ3v) is 4.80. The van der Waals surface area contributed by atoms with Gasteiger partial charge in [0.1, 0.15) is 5.82 Å². The van der Waals surface area contributed by atoms with E-state index >= 15 is 0 Å². The highest BCUT2D eigenvalue weighted by Gasteiger charge is 2.20. The zero-order valence-electron chi connectivity index (χ0n) is 15.2. The Morgan fingerprint density at radius 1 is 1.46 bits per heavy atom. The van der Waals surface area contributed by atoms with Gasteiger partial charge in [0.05, 0.1) is 18.8 Å². The smallest absolute Gasteiger partial charge is 0.322 e. The number of carbonyl (C=O) groups is 1. The normalized spacial score (nSPS) is 17.1. The van der Waals surface area contributed by atoms with E-state index in [0.29, 0.717) is 23.9 Å². The first kappa shape index (κ1) is 18.7. The molecule has 1 fully saturated rings. The molecule has 0 spiro atoms. The summed E-state index contributed by atoms with van der Waals surface area (Å²) >= 11 is 6.06. The van der Waals surface area contributed by atoms with Crippen LogP contribution in [-0.2, 0) is 11.3 Å². The lowest BCUT2D eigenvalue weighted by molar-refractivity contribution is 0.00463. The van der Waals surface area contributed by atoms with Gasteiger partial charge < -0.3 is 9.64 Å². The van der Waals surface area contributed by atoms with E-state index in [0.717, 1.165) is 37.0 Å². The average molecular weight is 377 g/mol. The van der Waals surface area contributed by atoms with Gasteiger partial charge in [0.15, 0.2) is 0 Å². The fourth-order valence-electron chi connectivity index (χ4n) is 3.11. The molecule has 1 saturated heterocycles. The lowest BCUT2D eigenvalue weighted by atomic mass is 10.1. The van der Waals surface area contributed by atoms with Crippen molar-refractivity contribution in [1.82, 2.24) is 14.7 Å². The summed E-state index contributed by atoms with van der Waals surface area (Å²) in [4.78, 5) is 14.3. The van der Waals surface area contributed by atoms with E-state index in [4.69, 9.17) is 16.3 Å². The number of anilines is 1. The highest BCUT2D eigenvalue weighted by Crippen LogP contribution is 2.19. The predicted octanol–water partition coefficient (Wildman–Crippen LogP) is 3.93. The first-order valence-electron chi connectivity index (χ1n) is 8.93. The average Bonchev–Trinajstić information content (AvgIpc) is 2.96. The first-order chi connectivity index (χ1) is 12.5. The maximum absolute atomic E-state index is 12.6. The largest absolute Gasteiger partial charge is 0.376 e. The number of benzene rings is 1. The number of rotatable bonds is 5. The van der Waals surface area contributed by atoms with E-state index in [2.05, 4.69) is 10.4 Å². The SMILES string of the molecule is Cc1cnn(Cc2cccc(Cl)c2)c1NC(=O)N(C)C[C@@H]1CCCCO1. The molecule has 0 bridgehead atoms. The van der Waals surface area contributed by atoms with Crippen LogP contribution >= 0.6 is 11.6 Å². The molecule has 0 unspecified atom stereocenters. The Balaban J connectivity index is 1.65. The molecule has 0 saturated carbocycles. The lowest BCUT2D eigenvalue weighted by Crippen LogP contribution is -2.39. The summed E-state index contributed by atoms with van der Waals surface area (Å²) in [5.41, 5.74) is 1.95. The molecule has 2 aromatic rings. The van der Waals surface area contributed by atoms with Gasteiger partial charge in [-0.05, 0) is 43.9 Å². The molecular weight excluding hydrogens is 352 g/mol. The molecule has 26 heavy (non-hydrogen) atoms. The Morgan fingerprint density at radius 2 is 2.31 bits per heavy atom. The van der Waals surface area contributed by atoms with E-state index < -0.39 is 0 Å². The van der Waals surface area contributed by atoms with Crippen LogP contribution in [0.15, 0.2) is 30.5 Å². The summed E-state index contributed by atoms with van der Waals surface area (Å²) in [6.45, 7) is 3.85. The van der Waals surface area contributed by atoms with Gasteiger partial charge in [-0.15, -0.1) is 0 Å². The van der Waals surface area contributed by atoms with Gasteiger partial charge in [0.2, 0.25) is 0 Å². The third-order valence-electron chi connectivity index (χ3n) is 4.57. The summed E-state index contributed by atoms with van der Waals surface area (Å²) < 4.78 is 7.50. The van der Waals surface area contributed by atoms with E-state index in [9.17, 15) is 4.79 Å². The Hall–Kier alpha value is -2.05. The van der Waals surface area contributed by atoms with Crippen molar-refractivity contribution in [3.63, 3.8) is 0 Å². The van der Waals surface area contributed by atoms with Crippen LogP contribution in [0.4, 0.5) is 10.6 Å². The van der Waals surface area contributed by atoms with Crippen LogP contribution in [0.3, 0.4) is 0 Å². The quantitative estimate of drug-likeness (QED) is 0.860. The third kappa shape index (κ3) is 4.77. The van der Waals surface area contributed by atoms with Gasteiger partial charge in [-0.2, -0.15) is 5.10 Å². The van der Waals surface area contributed by atoms with Crippen molar-refractivity contribution in [3.05, 3.63) is 46.6 Å². The maximum Gasteiger partial charge on any atom is 0.322 e. The van der Waals surface area contributed by atoms with Crippen LogP contribution < -0.4 is 5.32 Å². The van der Waals surface area contributed by atoms with Crippen LogP contribution in [0.1, 0.15) is 30.4 Å². The van der Waals surface area contributed by atoms with Crippen molar-refractivity contribution >= 4 is 23.4 Å². The molecular formula is C19H25ClN4O2. The molecule has 6 nitrogen and oxygen atoms in total. The van der Waals surface area contributed by atoms with E-state index in [1.807, 2.05) is 31.2 Å². The second kappa shape index (κ2) is 8.56. The lowest BCUT2D eigenvalue weighted by Gasteiger charge is -2.27. The second-order valence-electron chi connectivity index (χ2n) is 6.76. The highest BCUT2D eigenvalue weighted by atomic mass is 35.5. The number of nitrogens with one attached hydrogen (secondary N) is 1. The molecule has 0 aliphatic carbocycles. The molecule has 7 heteroatoms. The fourth-order valence-corrected chi connectivity index (χ4v) is 3.32. The zero-order chi connectivity index (χ0) is 18.5. The van der Waals surface area contributed by atoms with Crippen molar-refractivity contribution in [2.75, 3.05) is 25.5 Å². The number of ether oxygens (including phenoxy) is 1. The van der Waals surface area contributed by atoms with Crippen LogP contribution in [0.25, 0.3) is 0 Å². The minimum absolute atomic E-state index is 0.122. The molecule has 1 atom stereocenters. The maximum atomic E-state index is 12.6. The van der Waals surface area contributed by atoms with Gasteiger partial charge in [-0.1, -0.05) is 23.7 Å². The number of carbonyl (C=O) groups excluding carboxylic acids is 1. The van der Waals surface area contributed by atoms with Gasteiger partial charge in [-0.3, -0.25) is 5.32 Å². The molecule has 0 radical (unpaired) electrons. The summed E-state index contributed by atoms with van der Waals surface area (Å²) in [6, 6.07) is 7.47. The van der Waals surface area contributed by atoms with Crippen molar-refractivity contribution < 1.29 is 9.53 Å². The van der Waals surface area contributed by atoms with Crippen LogP contribution in [0.5, 0.6) is 0 Å². The van der Waals surface area contributed by atoms with Crippen molar-refractivity contribution in [3.8, 4) is 0 Å². The summed E-state index contributed by atoms with van der Waals surface area (Å²) in [7, 11) is 1.79. The first-order valence-corrected chi connectivity index (χ1v) is 9.31. The Kier molecular flexibility index (Phi) is 6.16. The Bertz CT molecular complexity index is 756. The number of urea groups is 1. The summed E-state index contributed by atoms with van der Waals surface area (Å²) in [5, 5.41) is 8.05. The van der Waals surface area contributed by atoms with Crippen LogP contribution in [0.2, 0.25) is 5.02 Å². The molecule has 140 valence electrons. The molecule has 1 aromatic carbocycles. The number of nitrogens with zero attached hydrogens (tertiary/aromatic N) is 3. The van der Waals surface area contributed by atoms with Gasteiger partial charge >= 0.3 is 6.03 Å². The predicted molar refractivity (Wildman–Crippen MR) is 103 cm³/mol. The zero-order valence-corrected chi connectivity index (χ0v) is 16.0. The molecule has 1 aliphatic rings. The number of likely N-dealkylation sites (N-methyl/N-ethyl adjacent to an activating group) is 1. The van der Waals surface area contributed by atoms with Gasteiger partial charge in [-0.25, -0.2) is 9.48 Å². The van der Waals surface area contributed by atoms with Crippen molar-refractivity contribution in [2.45, 2.75) is 38.8 Å². The highest BCUT2D eigenvalue weighted by molar-refractivity contribution is 6.30. The van der Waals surface area contributed by atoms with E-state index in [-0.39, 0.29) is 12.1 Å². The monoisotopic (exact) mass is 376 g/mol. The Morgan fingerprint density at radius 3 is 3.04 bits per heavy atom. The minimum atomic E-state index is -0.157. The van der Waals surface area contributed by atoms with Crippen molar-refractivity contribution in [1.29, 1.82) is 0 Å². The molecule has 1 aromatic heterocycles. The number of amides is 2. The molecule has 2 amide bonds. The van der Waals surface area contributed by atoms with Crippen LogP contribution in [0, 0.1) is 6.92 Å². The van der Waals surface area contributed by atoms with Crippen LogP contribution in [-0.4, -0.2) is 47.0 Å². The topological polar surface area (TPSA) is 59.4 Å². The molecule has 2 heterocycles. The van der Waals surface area contributed by atoms with E-state index in [1.54, 1.807) is 22.8 Å². The number of halogens is 1. The molecule has 3 rings (SSSR count). The van der Waals surface area contributed by atoms with Crippen molar-refractivity contribution in [2.24, 2.45) is 0 Å². The fraction of sp³-hybridized carbons (Fsp3) is 0.474. The number of hydrogen-bond acceptors (Lipinski definition) is 3. The van der Waals surface area contributed by atoms with Gasteiger partial charge in [0, 0.05) is 30.8 Å². The second-order valence-corrected chi connectivity index (χ2v) is 7.20. The molecule has 1 aliphatic heterocycles. The summed E-state index contributed by atoms with van der Waals surface area (Å²) in [6.07, 6.45) is 5.14. The standard InChI is InChI=1S/C19H25ClN4O2/c1-14-11-21-24(12-15-6-5-7-16(20)10-15)18(14)22-19(25)23(2)13-17-8-3-4-9-26-17/h5-7,10-11,17H,3-4,8-9,12-13H2,1-2H3,(H,22,25)/t17-/m0/s1. The number of aryl methyl sites for hydroxylation is 1. The van der Waals surface area contributed by atoms with E-state index in [1.165, 1.54) is 0 Å². The Labute approximate surface area is 159 Å². The summed E-state index contributed by atoms with van der Waals surface area (Å²) in [5.74, 6) is 0.700. The molecule has 1 N–H and O–H groups in total. The minimum Gasteiger partial charge on any atom is -0.376 e. The number of aromatic nitrogens is 2. The van der Waals surface area contributed by atoms with Gasteiger partial charge in [0.25, 0.3) is 0 Å².